The molecule has 1 aliphatic rings. The van der Waals surface area contributed by atoms with Crippen LogP contribution in [0.3, 0.4) is 0 Å². The molecule has 140 valence electrons. The molecule has 0 fully saturated rings. The molecule has 0 aliphatic heterocycles. The van der Waals surface area contributed by atoms with Gasteiger partial charge >= 0.3 is 5.97 Å². The standard InChI is InChI=1S/C23H18N2O2.CH4/c1-27-23(26)17-9-5-3-7-15(17)19-12-20-22(16-8-4-2-6-14(16)19)18-10-11-24-13-21(18)25-20;/h3,5-13,25H,2,4H2,1H3;1H4. The summed E-state index contributed by atoms with van der Waals surface area (Å²) >= 11 is 0. The number of hydrogen-bond donors (Lipinski definition) is 1. The topological polar surface area (TPSA) is 55.0 Å². The number of H-pyrrole nitrogens is 1. The molecule has 4 aromatic rings. The fourth-order valence-electron chi connectivity index (χ4n) is 4.08. The van der Waals surface area contributed by atoms with Crippen molar-refractivity contribution in [2.45, 2.75) is 20.3 Å². The number of aromatic amines is 1. The second-order valence-electron chi connectivity index (χ2n) is 6.74. The van der Waals surface area contributed by atoms with E-state index in [0.29, 0.717) is 5.56 Å². The first-order valence-corrected chi connectivity index (χ1v) is 9.04. The number of esters is 1. The van der Waals surface area contributed by atoms with E-state index >= 15 is 0 Å². The molecule has 1 N–H and O–H groups in total. The Labute approximate surface area is 163 Å². The Morgan fingerprint density at radius 2 is 1.82 bits per heavy atom. The zero-order valence-corrected chi connectivity index (χ0v) is 15.0. The van der Waals surface area contributed by atoms with E-state index in [9.17, 15) is 4.79 Å². The molecule has 2 aromatic carbocycles. The lowest BCUT2D eigenvalue weighted by molar-refractivity contribution is 0.0601. The normalized spacial score (nSPS) is 12.6. The maximum atomic E-state index is 12.3. The van der Waals surface area contributed by atoms with Gasteiger partial charge in [-0.25, -0.2) is 4.79 Å². The van der Waals surface area contributed by atoms with E-state index in [4.69, 9.17) is 4.74 Å². The molecule has 0 saturated heterocycles. The van der Waals surface area contributed by atoms with Crippen molar-refractivity contribution in [2.75, 3.05) is 7.11 Å². The van der Waals surface area contributed by atoms with Crippen LogP contribution in [-0.2, 0) is 4.74 Å². The molecule has 0 spiro atoms. The van der Waals surface area contributed by atoms with Crippen LogP contribution in [-0.4, -0.2) is 23.0 Å². The van der Waals surface area contributed by atoms with Crippen LogP contribution in [0.15, 0.2) is 48.8 Å². The summed E-state index contributed by atoms with van der Waals surface area (Å²) in [5.41, 5.74) is 4.60. The first-order valence-electron chi connectivity index (χ1n) is 9.04. The van der Waals surface area contributed by atoms with E-state index in [0.717, 1.165) is 35.0 Å². The highest BCUT2D eigenvalue weighted by Crippen LogP contribution is 2.27. The van der Waals surface area contributed by atoms with Crippen molar-refractivity contribution < 1.29 is 9.53 Å². The number of methoxy groups -OCH3 is 1. The number of nitrogens with one attached hydrogen (secondary N) is 1. The fraction of sp³-hybridized carbons (Fsp3) is 0.167. The number of carbonyl (C=O) groups excluding carboxylic acids is 1. The summed E-state index contributed by atoms with van der Waals surface area (Å²) in [7, 11) is 1.42. The smallest absolute Gasteiger partial charge is 0.338 e. The average Bonchev–Trinajstić information content (AvgIpc) is 3.11. The molecular formula is C24H22N2O2. The largest absolute Gasteiger partial charge is 0.465 e. The van der Waals surface area contributed by atoms with Crippen molar-refractivity contribution >= 4 is 39.9 Å². The summed E-state index contributed by atoms with van der Waals surface area (Å²) in [5.74, 6) is -0.319. The molecule has 0 unspecified atom stereocenters. The Morgan fingerprint density at radius 3 is 2.64 bits per heavy atom. The van der Waals surface area contributed by atoms with E-state index in [1.54, 1.807) is 0 Å². The van der Waals surface area contributed by atoms with Crippen molar-refractivity contribution in [2.24, 2.45) is 0 Å². The van der Waals surface area contributed by atoms with Crippen LogP contribution in [0.5, 0.6) is 0 Å². The van der Waals surface area contributed by atoms with Gasteiger partial charge in [-0.2, -0.15) is 0 Å². The third-order valence-electron chi connectivity index (χ3n) is 5.25. The van der Waals surface area contributed by atoms with Gasteiger partial charge in [-0.3, -0.25) is 4.98 Å². The van der Waals surface area contributed by atoms with Crippen LogP contribution in [0.1, 0.15) is 30.6 Å². The summed E-state index contributed by atoms with van der Waals surface area (Å²) in [6.45, 7) is 0. The van der Waals surface area contributed by atoms with Gasteiger partial charge in [-0.1, -0.05) is 37.8 Å². The van der Waals surface area contributed by atoms with Gasteiger partial charge in [0, 0.05) is 22.5 Å². The monoisotopic (exact) mass is 370 g/mol. The summed E-state index contributed by atoms with van der Waals surface area (Å²) in [6, 6.07) is 11.8. The summed E-state index contributed by atoms with van der Waals surface area (Å²) in [4.78, 5) is 20.1. The number of rotatable bonds is 2. The van der Waals surface area contributed by atoms with Crippen molar-refractivity contribution in [1.29, 1.82) is 0 Å². The minimum absolute atomic E-state index is 0. The number of aromatic nitrogens is 2. The Kier molecular flexibility index (Phi) is 4.47. The molecule has 2 aromatic heterocycles. The minimum Gasteiger partial charge on any atom is -0.465 e. The third kappa shape index (κ3) is 2.61. The fourth-order valence-corrected chi connectivity index (χ4v) is 4.08. The molecule has 28 heavy (non-hydrogen) atoms. The van der Waals surface area contributed by atoms with Gasteiger partial charge in [0.25, 0.3) is 0 Å². The molecule has 4 heteroatoms. The molecule has 5 rings (SSSR count). The molecule has 1 aliphatic carbocycles. The Hall–Kier alpha value is -3.40. The van der Waals surface area contributed by atoms with Gasteiger partial charge in [-0.05, 0) is 52.6 Å². The van der Waals surface area contributed by atoms with Crippen LogP contribution >= 0.6 is 0 Å². The van der Waals surface area contributed by atoms with Crippen LogP contribution in [0, 0.1) is 0 Å². The van der Waals surface area contributed by atoms with E-state index in [1.165, 1.54) is 28.3 Å². The van der Waals surface area contributed by atoms with Gasteiger partial charge < -0.3 is 9.72 Å². The number of pyridine rings is 1. The van der Waals surface area contributed by atoms with E-state index in [2.05, 4.69) is 34.3 Å². The molecule has 0 bridgehead atoms. The summed E-state index contributed by atoms with van der Waals surface area (Å²) in [5, 5.41) is 4.81. The van der Waals surface area contributed by atoms with Gasteiger partial charge in [-0.15, -0.1) is 0 Å². The number of carbonyl (C=O) groups is 1. The zero-order chi connectivity index (χ0) is 18.4. The second-order valence-corrected chi connectivity index (χ2v) is 6.74. The Balaban J connectivity index is 0.00000192. The maximum Gasteiger partial charge on any atom is 0.338 e. The van der Waals surface area contributed by atoms with E-state index in [1.807, 2.05) is 36.7 Å². The third-order valence-corrected chi connectivity index (χ3v) is 5.25. The van der Waals surface area contributed by atoms with Gasteiger partial charge in [0.1, 0.15) is 0 Å². The number of ether oxygens (including phenoxy) is 1. The zero-order valence-electron chi connectivity index (χ0n) is 15.0. The lowest BCUT2D eigenvalue weighted by Gasteiger charge is -2.12. The van der Waals surface area contributed by atoms with Crippen LogP contribution in [0.2, 0.25) is 0 Å². The van der Waals surface area contributed by atoms with Gasteiger partial charge in [0.2, 0.25) is 0 Å². The quantitative estimate of drug-likeness (QED) is 0.539. The van der Waals surface area contributed by atoms with E-state index in [-0.39, 0.29) is 13.4 Å². The van der Waals surface area contributed by atoms with Gasteiger partial charge in [0.15, 0.2) is 0 Å². The highest BCUT2D eigenvalue weighted by atomic mass is 16.5. The minimum atomic E-state index is -0.319. The Morgan fingerprint density at radius 1 is 1.04 bits per heavy atom. The molecule has 0 saturated carbocycles. The molecule has 2 heterocycles. The second kappa shape index (κ2) is 6.97. The van der Waals surface area contributed by atoms with Crippen LogP contribution in [0.25, 0.3) is 45.1 Å². The molecule has 0 radical (unpaired) electrons. The number of hydrogen-bond acceptors (Lipinski definition) is 3. The first kappa shape index (κ1) is 18.0. The van der Waals surface area contributed by atoms with Crippen LogP contribution < -0.4 is 10.4 Å². The SMILES string of the molecule is C.COC(=O)c1ccccc1-c1cc2[nH]c3cnccc3c2c2c1=CCCC=2. The number of nitrogens with zero attached hydrogens (tertiary/aromatic N) is 1. The van der Waals surface area contributed by atoms with Crippen LogP contribution in [0.4, 0.5) is 0 Å². The number of benzene rings is 2. The van der Waals surface area contributed by atoms with Crippen molar-refractivity contribution in [1.82, 2.24) is 9.97 Å². The predicted octanol–water partition coefficient (Wildman–Crippen LogP) is 4.16. The van der Waals surface area contributed by atoms with E-state index < -0.39 is 0 Å². The van der Waals surface area contributed by atoms with Crippen molar-refractivity contribution in [3.63, 3.8) is 0 Å². The molecular weight excluding hydrogens is 348 g/mol. The lowest BCUT2D eigenvalue weighted by Crippen LogP contribution is -2.30. The first-order chi connectivity index (χ1) is 13.3. The lowest BCUT2D eigenvalue weighted by atomic mass is 9.92. The molecule has 0 amide bonds. The molecule has 0 atom stereocenters. The summed E-state index contributed by atoms with van der Waals surface area (Å²) in [6.07, 6.45) is 10.3. The predicted molar refractivity (Wildman–Crippen MR) is 115 cm³/mol. The Bertz CT molecular complexity index is 1330. The number of fused-ring (bicyclic) bond motifs is 5. The highest BCUT2D eigenvalue weighted by molar-refractivity contribution is 6.09. The van der Waals surface area contributed by atoms with Gasteiger partial charge in [0.05, 0.1) is 24.4 Å². The van der Waals surface area contributed by atoms with Crippen molar-refractivity contribution in [3.05, 3.63) is 64.8 Å². The molecule has 4 nitrogen and oxygen atoms in total. The van der Waals surface area contributed by atoms with Crippen molar-refractivity contribution in [3.8, 4) is 11.1 Å². The summed E-state index contributed by atoms with van der Waals surface area (Å²) < 4.78 is 5.00. The average molecular weight is 370 g/mol. The maximum absolute atomic E-state index is 12.3. The highest BCUT2D eigenvalue weighted by Gasteiger charge is 2.17.